The summed E-state index contributed by atoms with van der Waals surface area (Å²) >= 11 is 5.17. The fourth-order valence-electron chi connectivity index (χ4n) is 1.01. The van der Waals surface area contributed by atoms with Gasteiger partial charge >= 0.3 is 0 Å². The molecule has 2 aromatic rings. The summed E-state index contributed by atoms with van der Waals surface area (Å²) in [6, 6.07) is 2.10. The summed E-state index contributed by atoms with van der Waals surface area (Å²) in [5.74, 6) is 0.719. The van der Waals surface area contributed by atoms with E-state index in [2.05, 4.69) is 49.5 Å². The normalized spacial score (nSPS) is 10.6. The van der Waals surface area contributed by atoms with Crippen LogP contribution >= 0.6 is 27.3 Å². The first-order chi connectivity index (χ1) is 6.31. The third-order valence-electron chi connectivity index (χ3n) is 1.65. The molecule has 0 aliphatic heterocycles. The fraction of sp³-hybridized carbons (Fsp3) is 0.286. The summed E-state index contributed by atoms with van der Waals surface area (Å²) < 4.78 is 1.05. The minimum Gasteiger partial charge on any atom is -0.238 e. The van der Waals surface area contributed by atoms with Crippen LogP contribution in [0, 0.1) is 0 Å². The van der Waals surface area contributed by atoms with Gasteiger partial charge in [0.1, 0.15) is 0 Å². The summed E-state index contributed by atoms with van der Waals surface area (Å²) in [5.41, 5.74) is 0. The lowest BCUT2D eigenvalue weighted by Crippen LogP contribution is -1.75. The molecule has 13 heavy (non-hydrogen) atoms. The Morgan fingerprint density at radius 2 is 2.46 bits per heavy atom. The van der Waals surface area contributed by atoms with Crippen LogP contribution in [0.1, 0.15) is 11.8 Å². The van der Waals surface area contributed by atoms with Crippen LogP contribution in [0.25, 0.3) is 10.7 Å². The van der Waals surface area contributed by atoms with Crippen LogP contribution in [-0.4, -0.2) is 20.6 Å². The highest BCUT2D eigenvalue weighted by atomic mass is 79.9. The Labute approximate surface area is 87.5 Å². The van der Waals surface area contributed by atoms with Crippen LogP contribution in [0.4, 0.5) is 0 Å². The van der Waals surface area contributed by atoms with Crippen molar-refractivity contribution in [1.82, 2.24) is 20.6 Å². The molecule has 2 heterocycles. The van der Waals surface area contributed by atoms with Crippen molar-refractivity contribution in [3.8, 4) is 10.7 Å². The van der Waals surface area contributed by atoms with Gasteiger partial charge in [0.05, 0.1) is 4.88 Å². The van der Waals surface area contributed by atoms with Crippen molar-refractivity contribution < 1.29 is 0 Å². The first kappa shape index (κ1) is 8.83. The molecule has 0 atom stereocenters. The molecule has 0 saturated carbocycles. The molecule has 0 aromatic carbocycles. The highest BCUT2D eigenvalue weighted by Gasteiger charge is 2.10. The molecular weight excluding hydrogens is 252 g/mol. The zero-order chi connectivity index (χ0) is 9.26. The van der Waals surface area contributed by atoms with E-state index in [1.807, 2.05) is 0 Å². The SMILES string of the molecule is CCc1cc(Br)c(-c2nnn[nH]2)s1. The van der Waals surface area contributed by atoms with Gasteiger partial charge in [0.15, 0.2) is 5.82 Å². The molecule has 0 amide bonds. The Balaban J connectivity index is 2.46. The van der Waals surface area contributed by atoms with Gasteiger partial charge in [-0.25, -0.2) is 5.10 Å². The van der Waals surface area contributed by atoms with E-state index in [0.717, 1.165) is 21.6 Å². The second-order valence-corrected chi connectivity index (χ2v) is 4.48. The monoisotopic (exact) mass is 258 g/mol. The van der Waals surface area contributed by atoms with E-state index in [9.17, 15) is 0 Å². The van der Waals surface area contributed by atoms with Gasteiger partial charge in [-0.2, -0.15) is 0 Å². The van der Waals surface area contributed by atoms with Crippen LogP contribution in [0.2, 0.25) is 0 Å². The lowest BCUT2D eigenvalue weighted by molar-refractivity contribution is 0.881. The standard InChI is InChI=1S/C7H7BrN4S/c1-2-4-3-5(8)6(13-4)7-9-11-12-10-7/h3H,2H2,1H3,(H,9,10,11,12). The Morgan fingerprint density at radius 3 is 3.00 bits per heavy atom. The fourth-order valence-corrected chi connectivity index (χ4v) is 2.79. The molecule has 0 saturated heterocycles. The van der Waals surface area contributed by atoms with E-state index in [-0.39, 0.29) is 0 Å². The third-order valence-corrected chi connectivity index (χ3v) is 3.82. The summed E-state index contributed by atoms with van der Waals surface area (Å²) in [6.07, 6.45) is 1.03. The van der Waals surface area contributed by atoms with E-state index in [4.69, 9.17) is 0 Å². The smallest absolute Gasteiger partial charge is 0.190 e. The average Bonchev–Trinajstić information content (AvgIpc) is 2.72. The van der Waals surface area contributed by atoms with Crippen molar-refractivity contribution in [2.24, 2.45) is 0 Å². The van der Waals surface area contributed by atoms with Gasteiger partial charge in [-0.1, -0.05) is 6.92 Å². The van der Waals surface area contributed by atoms with Crippen LogP contribution in [0.15, 0.2) is 10.5 Å². The maximum Gasteiger partial charge on any atom is 0.190 e. The predicted octanol–water partition coefficient (Wildman–Crippen LogP) is 2.25. The number of nitrogens with one attached hydrogen (secondary N) is 1. The number of aryl methyl sites for hydroxylation is 1. The van der Waals surface area contributed by atoms with Crippen molar-refractivity contribution in [1.29, 1.82) is 0 Å². The molecule has 0 spiro atoms. The van der Waals surface area contributed by atoms with Gasteiger partial charge in [-0.05, 0) is 38.8 Å². The Bertz CT molecular complexity index is 395. The first-order valence-corrected chi connectivity index (χ1v) is 5.44. The molecule has 0 aliphatic carbocycles. The Kier molecular flexibility index (Phi) is 2.41. The number of aromatic amines is 1. The molecule has 4 nitrogen and oxygen atoms in total. The van der Waals surface area contributed by atoms with Crippen LogP contribution < -0.4 is 0 Å². The van der Waals surface area contributed by atoms with Gasteiger partial charge in [-0.15, -0.1) is 16.4 Å². The van der Waals surface area contributed by atoms with Crippen LogP contribution in [0.5, 0.6) is 0 Å². The first-order valence-electron chi connectivity index (χ1n) is 3.83. The van der Waals surface area contributed by atoms with E-state index < -0.39 is 0 Å². The maximum absolute atomic E-state index is 3.86. The lowest BCUT2D eigenvalue weighted by Gasteiger charge is -1.87. The molecule has 0 fully saturated rings. The van der Waals surface area contributed by atoms with E-state index in [0.29, 0.717) is 0 Å². The van der Waals surface area contributed by atoms with E-state index in [1.165, 1.54) is 4.88 Å². The van der Waals surface area contributed by atoms with Crippen LogP contribution in [0.3, 0.4) is 0 Å². The van der Waals surface area contributed by atoms with Crippen molar-refractivity contribution in [3.63, 3.8) is 0 Å². The number of tetrazole rings is 1. The van der Waals surface area contributed by atoms with Gasteiger partial charge in [0.25, 0.3) is 0 Å². The highest BCUT2D eigenvalue weighted by molar-refractivity contribution is 9.10. The molecule has 0 aliphatic rings. The summed E-state index contributed by atoms with van der Waals surface area (Å²) in [4.78, 5) is 2.38. The molecule has 2 aromatic heterocycles. The topological polar surface area (TPSA) is 54.5 Å². The van der Waals surface area contributed by atoms with Gasteiger partial charge in [-0.3, -0.25) is 0 Å². The van der Waals surface area contributed by atoms with Gasteiger partial charge in [0.2, 0.25) is 0 Å². The van der Waals surface area contributed by atoms with Crippen molar-refractivity contribution >= 4 is 27.3 Å². The number of halogens is 1. The molecule has 2 rings (SSSR count). The minimum atomic E-state index is 0.719. The number of thiophene rings is 1. The molecule has 1 N–H and O–H groups in total. The largest absolute Gasteiger partial charge is 0.238 e. The summed E-state index contributed by atoms with van der Waals surface area (Å²) in [6.45, 7) is 2.13. The zero-order valence-electron chi connectivity index (χ0n) is 6.91. The quantitative estimate of drug-likeness (QED) is 0.899. The molecule has 6 heteroatoms. The number of nitrogens with zero attached hydrogens (tertiary/aromatic N) is 3. The van der Waals surface area contributed by atoms with Crippen molar-refractivity contribution in [2.75, 3.05) is 0 Å². The number of hydrogen-bond donors (Lipinski definition) is 1. The van der Waals surface area contributed by atoms with E-state index >= 15 is 0 Å². The van der Waals surface area contributed by atoms with Gasteiger partial charge in [0, 0.05) is 9.35 Å². The molecule has 0 radical (unpaired) electrons. The molecular formula is C7H7BrN4S. The number of H-pyrrole nitrogens is 1. The van der Waals surface area contributed by atoms with Crippen LogP contribution in [-0.2, 0) is 6.42 Å². The Hall–Kier alpha value is -0.750. The zero-order valence-corrected chi connectivity index (χ0v) is 9.31. The Morgan fingerprint density at radius 1 is 1.62 bits per heavy atom. The molecule has 0 bridgehead atoms. The van der Waals surface area contributed by atoms with Crippen molar-refractivity contribution in [3.05, 3.63) is 15.4 Å². The van der Waals surface area contributed by atoms with Crippen molar-refractivity contribution in [2.45, 2.75) is 13.3 Å². The molecule has 0 unspecified atom stereocenters. The second kappa shape index (κ2) is 3.55. The highest BCUT2D eigenvalue weighted by Crippen LogP contribution is 2.34. The number of hydrogen-bond acceptors (Lipinski definition) is 4. The molecule has 68 valence electrons. The third kappa shape index (κ3) is 1.64. The van der Waals surface area contributed by atoms with E-state index in [1.54, 1.807) is 11.3 Å². The number of aromatic nitrogens is 4. The average molecular weight is 259 g/mol. The second-order valence-electron chi connectivity index (χ2n) is 2.49. The summed E-state index contributed by atoms with van der Waals surface area (Å²) in [7, 11) is 0. The lowest BCUT2D eigenvalue weighted by atomic mass is 10.3. The number of rotatable bonds is 2. The summed E-state index contributed by atoms with van der Waals surface area (Å²) in [5, 5.41) is 13.7. The maximum atomic E-state index is 3.86. The van der Waals surface area contributed by atoms with Gasteiger partial charge < -0.3 is 0 Å². The minimum absolute atomic E-state index is 0.719. The predicted molar refractivity (Wildman–Crippen MR) is 54.6 cm³/mol.